The van der Waals surface area contributed by atoms with Crippen LogP contribution in [-0.2, 0) is 4.79 Å². The van der Waals surface area contributed by atoms with E-state index in [4.69, 9.17) is 5.73 Å². The van der Waals surface area contributed by atoms with Gasteiger partial charge in [-0.05, 0) is 25.2 Å². The molecule has 17 heavy (non-hydrogen) atoms. The smallest absolute Gasteiger partial charge is 0.312 e. The predicted octanol–water partition coefficient (Wildman–Crippen LogP) is -0.289. The van der Waals surface area contributed by atoms with Gasteiger partial charge in [0, 0.05) is 6.54 Å². The first-order valence-electron chi connectivity index (χ1n) is 5.90. The van der Waals surface area contributed by atoms with Crippen LogP contribution in [0.1, 0.15) is 33.1 Å². The number of primary amides is 1. The van der Waals surface area contributed by atoms with Gasteiger partial charge in [0.05, 0.1) is 5.60 Å². The van der Waals surface area contributed by atoms with E-state index in [1.165, 1.54) is 0 Å². The van der Waals surface area contributed by atoms with Gasteiger partial charge >= 0.3 is 6.03 Å². The number of amides is 3. The van der Waals surface area contributed by atoms with Crippen molar-refractivity contribution >= 4 is 11.9 Å². The molecule has 1 unspecified atom stereocenters. The number of urea groups is 1. The molecule has 0 aromatic carbocycles. The lowest BCUT2D eigenvalue weighted by atomic mass is 9.80. The summed E-state index contributed by atoms with van der Waals surface area (Å²) < 4.78 is 0. The van der Waals surface area contributed by atoms with Crippen molar-refractivity contribution in [2.45, 2.75) is 44.8 Å². The zero-order valence-electron chi connectivity index (χ0n) is 10.3. The molecule has 1 fully saturated rings. The van der Waals surface area contributed by atoms with Crippen LogP contribution in [0.15, 0.2) is 0 Å². The molecule has 1 aliphatic carbocycles. The molecule has 1 saturated carbocycles. The third kappa shape index (κ3) is 3.89. The molecule has 0 saturated heterocycles. The van der Waals surface area contributed by atoms with E-state index in [2.05, 4.69) is 10.6 Å². The number of hydrogen-bond donors (Lipinski definition) is 4. The highest BCUT2D eigenvalue weighted by Gasteiger charge is 2.35. The second kappa shape index (κ2) is 5.35. The molecule has 0 radical (unpaired) electrons. The van der Waals surface area contributed by atoms with Crippen LogP contribution in [0.25, 0.3) is 0 Å². The van der Waals surface area contributed by atoms with Crippen LogP contribution in [0.5, 0.6) is 0 Å². The number of carbonyl (C=O) groups is 2. The largest absolute Gasteiger partial charge is 0.388 e. The fraction of sp³-hybridized carbons (Fsp3) is 0.818. The van der Waals surface area contributed by atoms with Gasteiger partial charge in [-0.25, -0.2) is 4.79 Å². The molecule has 0 heterocycles. The SMILES string of the molecule is CC(C)C(NC(N)=O)C(=O)NCC1(O)CCC1. The van der Waals surface area contributed by atoms with E-state index in [0.717, 1.165) is 6.42 Å². The maximum absolute atomic E-state index is 11.8. The Kier molecular flexibility index (Phi) is 4.34. The molecule has 0 spiro atoms. The molecule has 0 aromatic heterocycles. The fourth-order valence-corrected chi connectivity index (χ4v) is 1.81. The first-order valence-corrected chi connectivity index (χ1v) is 5.90. The molecule has 1 atom stereocenters. The first kappa shape index (κ1) is 13.8. The van der Waals surface area contributed by atoms with Gasteiger partial charge in [-0.2, -0.15) is 0 Å². The predicted molar refractivity (Wildman–Crippen MR) is 63.2 cm³/mol. The van der Waals surface area contributed by atoms with Crippen LogP contribution in [-0.4, -0.2) is 35.2 Å². The lowest BCUT2D eigenvalue weighted by molar-refractivity contribution is -0.126. The molecule has 1 rings (SSSR count). The van der Waals surface area contributed by atoms with Crippen molar-refractivity contribution in [3.8, 4) is 0 Å². The van der Waals surface area contributed by atoms with Gasteiger partial charge in [-0.3, -0.25) is 4.79 Å². The number of carbonyl (C=O) groups excluding carboxylic acids is 2. The Balaban J connectivity index is 2.44. The number of rotatable bonds is 5. The van der Waals surface area contributed by atoms with E-state index in [1.807, 2.05) is 13.8 Å². The third-order valence-corrected chi connectivity index (χ3v) is 3.12. The van der Waals surface area contributed by atoms with Crippen LogP contribution >= 0.6 is 0 Å². The zero-order valence-corrected chi connectivity index (χ0v) is 10.3. The standard InChI is InChI=1S/C11H21N3O3/c1-7(2)8(14-10(12)16)9(15)13-6-11(17)4-3-5-11/h7-8,17H,3-6H2,1-2H3,(H,13,15)(H3,12,14,16). The van der Waals surface area contributed by atoms with Gasteiger partial charge < -0.3 is 21.5 Å². The Morgan fingerprint density at radius 2 is 2.00 bits per heavy atom. The maximum Gasteiger partial charge on any atom is 0.312 e. The molecule has 0 aromatic rings. The molecule has 0 bridgehead atoms. The number of nitrogens with one attached hydrogen (secondary N) is 2. The van der Waals surface area contributed by atoms with Crippen molar-refractivity contribution in [3.05, 3.63) is 0 Å². The Bertz CT molecular complexity index is 300. The second-order valence-corrected chi connectivity index (χ2v) is 5.03. The van der Waals surface area contributed by atoms with Crippen LogP contribution in [0, 0.1) is 5.92 Å². The van der Waals surface area contributed by atoms with Crippen molar-refractivity contribution in [3.63, 3.8) is 0 Å². The van der Waals surface area contributed by atoms with Gasteiger partial charge in [-0.1, -0.05) is 13.8 Å². The summed E-state index contributed by atoms with van der Waals surface area (Å²) in [6.45, 7) is 3.87. The van der Waals surface area contributed by atoms with Gasteiger partial charge in [0.2, 0.25) is 5.91 Å². The zero-order chi connectivity index (χ0) is 13.1. The van der Waals surface area contributed by atoms with Crippen molar-refractivity contribution in [2.24, 2.45) is 11.7 Å². The van der Waals surface area contributed by atoms with Gasteiger partial charge in [0.15, 0.2) is 0 Å². The highest BCUT2D eigenvalue weighted by molar-refractivity contribution is 5.86. The monoisotopic (exact) mass is 243 g/mol. The lowest BCUT2D eigenvalue weighted by Crippen LogP contribution is -2.55. The molecule has 5 N–H and O–H groups in total. The topological polar surface area (TPSA) is 104 Å². The van der Waals surface area contributed by atoms with E-state index >= 15 is 0 Å². The number of hydrogen-bond acceptors (Lipinski definition) is 3. The summed E-state index contributed by atoms with van der Waals surface area (Å²) in [5.41, 5.74) is 4.25. The Hall–Kier alpha value is -1.30. The second-order valence-electron chi connectivity index (χ2n) is 5.03. The summed E-state index contributed by atoms with van der Waals surface area (Å²) in [7, 11) is 0. The molecule has 1 aliphatic rings. The molecule has 0 aliphatic heterocycles. The van der Waals surface area contributed by atoms with Gasteiger partial charge in [-0.15, -0.1) is 0 Å². The highest BCUT2D eigenvalue weighted by atomic mass is 16.3. The third-order valence-electron chi connectivity index (χ3n) is 3.12. The minimum absolute atomic E-state index is 0.0569. The van der Waals surface area contributed by atoms with Crippen LogP contribution < -0.4 is 16.4 Å². The quantitative estimate of drug-likeness (QED) is 0.533. The summed E-state index contributed by atoms with van der Waals surface area (Å²) in [5, 5.41) is 14.9. The van der Waals surface area contributed by atoms with Crippen LogP contribution in [0.3, 0.4) is 0 Å². The van der Waals surface area contributed by atoms with Gasteiger partial charge in [0.1, 0.15) is 6.04 Å². The van der Waals surface area contributed by atoms with Crippen molar-refractivity contribution < 1.29 is 14.7 Å². The number of nitrogens with two attached hydrogens (primary N) is 1. The van der Waals surface area contributed by atoms with E-state index < -0.39 is 17.7 Å². The van der Waals surface area contributed by atoms with E-state index in [0.29, 0.717) is 12.8 Å². The van der Waals surface area contributed by atoms with Gasteiger partial charge in [0.25, 0.3) is 0 Å². The summed E-state index contributed by atoms with van der Waals surface area (Å²) >= 11 is 0. The average molecular weight is 243 g/mol. The van der Waals surface area contributed by atoms with E-state index in [1.54, 1.807) is 0 Å². The summed E-state index contributed by atoms with van der Waals surface area (Å²) in [5.74, 6) is -0.363. The fourth-order valence-electron chi connectivity index (χ4n) is 1.81. The van der Waals surface area contributed by atoms with Crippen molar-refractivity contribution in [2.75, 3.05) is 6.54 Å². The molecular formula is C11H21N3O3. The molecular weight excluding hydrogens is 222 g/mol. The van der Waals surface area contributed by atoms with E-state index in [9.17, 15) is 14.7 Å². The van der Waals surface area contributed by atoms with Crippen LogP contribution in [0.2, 0.25) is 0 Å². The molecule has 6 heteroatoms. The minimum Gasteiger partial charge on any atom is -0.388 e. The molecule has 6 nitrogen and oxygen atoms in total. The Morgan fingerprint density at radius 1 is 1.41 bits per heavy atom. The first-order chi connectivity index (χ1) is 7.84. The highest BCUT2D eigenvalue weighted by Crippen LogP contribution is 2.30. The summed E-state index contributed by atoms with van der Waals surface area (Å²) in [6, 6.07) is -1.38. The lowest BCUT2D eigenvalue weighted by Gasteiger charge is -2.37. The Morgan fingerprint density at radius 3 is 2.35 bits per heavy atom. The van der Waals surface area contributed by atoms with Crippen LogP contribution in [0.4, 0.5) is 4.79 Å². The average Bonchev–Trinajstić information content (AvgIpc) is 2.19. The molecule has 98 valence electrons. The molecule has 3 amide bonds. The normalized spacial score (nSPS) is 19.3. The summed E-state index contributed by atoms with van der Waals surface area (Å²) in [4.78, 5) is 22.6. The van der Waals surface area contributed by atoms with Crippen molar-refractivity contribution in [1.82, 2.24) is 10.6 Å². The maximum atomic E-state index is 11.8. The Labute approximate surface area is 101 Å². The number of aliphatic hydroxyl groups is 1. The summed E-state index contributed by atoms with van der Waals surface area (Å²) in [6.07, 6.45) is 2.41. The van der Waals surface area contributed by atoms with E-state index in [-0.39, 0.29) is 18.4 Å². The minimum atomic E-state index is -0.760. The van der Waals surface area contributed by atoms with Crippen molar-refractivity contribution in [1.29, 1.82) is 0 Å².